The molecule has 2 fully saturated rings. The van der Waals surface area contributed by atoms with Crippen LogP contribution in [-0.2, 0) is 16.8 Å². The maximum absolute atomic E-state index is 12.9. The summed E-state index contributed by atoms with van der Waals surface area (Å²) < 4.78 is 10.7. The van der Waals surface area contributed by atoms with Crippen molar-refractivity contribution in [2.45, 2.75) is 49.8 Å². The number of fused-ring (bicyclic) bond motifs is 2. The van der Waals surface area contributed by atoms with Crippen LogP contribution in [0.4, 0.5) is 0 Å². The van der Waals surface area contributed by atoms with Gasteiger partial charge in [0.05, 0.1) is 19.8 Å². The quantitative estimate of drug-likeness (QED) is 0.929. The van der Waals surface area contributed by atoms with Crippen LogP contribution < -0.4 is 4.74 Å². The zero-order valence-electron chi connectivity index (χ0n) is 14.4. The molecule has 2 aromatic rings. The minimum Gasteiger partial charge on any atom is -0.497 e. The van der Waals surface area contributed by atoms with Crippen molar-refractivity contribution < 1.29 is 19.1 Å². The molecular weight excluding hydrogens is 318 g/mol. The lowest BCUT2D eigenvalue weighted by Gasteiger charge is -2.43. The predicted molar refractivity (Wildman–Crippen MR) is 92.2 cm³/mol. The molecule has 1 N–H and O–H groups in total. The number of carbonyl (C=O) groups excluding carboxylic acids is 1. The number of amides is 1. The Morgan fingerprint density at radius 3 is 2.68 bits per heavy atom. The number of hydrogen-bond donors (Lipinski definition) is 1. The van der Waals surface area contributed by atoms with Crippen molar-refractivity contribution in [3.63, 3.8) is 0 Å². The van der Waals surface area contributed by atoms with Crippen LogP contribution >= 0.6 is 0 Å². The van der Waals surface area contributed by atoms with Crippen molar-refractivity contribution in [2.75, 3.05) is 7.11 Å². The van der Waals surface area contributed by atoms with Crippen LogP contribution in [-0.4, -0.2) is 35.1 Å². The van der Waals surface area contributed by atoms with Gasteiger partial charge in [-0.15, -0.1) is 0 Å². The summed E-state index contributed by atoms with van der Waals surface area (Å²) in [7, 11) is 1.63. The summed E-state index contributed by atoms with van der Waals surface area (Å²) in [5, 5.41) is 11.0. The number of hydrogen-bond acceptors (Lipinski definition) is 4. The molecule has 0 radical (unpaired) electrons. The molecule has 2 atom stereocenters. The molecule has 2 aliphatic rings. The number of furan rings is 1. The molecule has 25 heavy (non-hydrogen) atoms. The van der Waals surface area contributed by atoms with E-state index < -0.39 is 5.60 Å². The highest BCUT2D eigenvalue weighted by Crippen LogP contribution is 2.46. The smallest absolute Gasteiger partial charge is 0.227 e. The van der Waals surface area contributed by atoms with Gasteiger partial charge in [-0.3, -0.25) is 4.79 Å². The fourth-order valence-corrected chi connectivity index (χ4v) is 4.42. The minimum absolute atomic E-state index is 0.0759. The van der Waals surface area contributed by atoms with Crippen molar-refractivity contribution in [1.82, 2.24) is 4.90 Å². The first-order valence-electron chi connectivity index (χ1n) is 8.79. The zero-order chi connectivity index (χ0) is 17.4. The molecule has 2 aliphatic heterocycles. The lowest BCUT2D eigenvalue weighted by atomic mass is 9.84. The summed E-state index contributed by atoms with van der Waals surface area (Å²) in [5.74, 6) is 1.51. The molecule has 2 unspecified atom stereocenters. The molecule has 2 bridgehead atoms. The van der Waals surface area contributed by atoms with Gasteiger partial charge in [0.1, 0.15) is 17.1 Å². The number of methoxy groups -OCH3 is 1. The van der Waals surface area contributed by atoms with Crippen LogP contribution in [0, 0.1) is 0 Å². The molecule has 1 aromatic heterocycles. The maximum atomic E-state index is 12.9. The second-order valence-electron chi connectivity index (χ2n) is 7.13. The number of carbonyl (C=O) groups is 1. The van der Waals surface area contributed by atoms with Gasteiger partial charge < -0.3 is 19.2 Å². The molecule has 5 heteroatoms. The summed E-state index contributed by atoms with van der Waals surface area (Å²) in [6, 6.07) is 11.4. The summed E-state index contributed by atoms with van der Waals surface area (Å²) in [6.45, 7) is 0. The molecule has 0 aliphatic carbocycles. The Hall–Kier alpha value is -2.27. The first kappa shape index (κ1) is 16.2. The summed E-state index contributed by atoms with van der Waals surface area (Å²) >= 11 is 0. The van der Waals surface area contributed by atoms with Gasteiger partial charge in [-0.25, -0.2) is 0 Å². The number of aliphatic hydroxyl groups is 1. The van der Waals surface area contributed by atoms with Gasteiger partial charge >= 0.3 is 0 Å². The van der Waals surface area contributed by atoms with Gasteiger partial charge in [0, 0.05) is 24.9 Å². The van der Waals surface area contributed by atoms with Crippen molar-refractivity contribution in [1.29, 1.82) is 0 Å². The third-order valence-electron chi connectivity index (χ3n) is 5.52. The van der Waals surface area contributed by atoms with Gasteiger partial charge in [0.15, 0.2) is 0 Å². The van der Waals surface area contributed by atoms with E-state index in [4.69, 9.17) is 9.15 Å². The largest absolute Gasteiger partial charge is 0.497 e. The van der Waals surface area contributed by atoms with Crippen LogP contribution in [0.25, 0.3) is 0 Å². The van der Waals surface area contributed by atoms with Crippen LogP contribution in [0.5, 0.6) is 5.75 Å². The van der Waals surface area contributed by atoms with Crippen molar-refractivity contribution in [2.24, 2.45) is 0 Å². The lowest BCUT2D eigenvalue weighted by Crippen LogP contribution is -2.52. The molecule has 2 saturated heterocycles. The Labute approximate surface area is 147 Å². The molecule has 4 rings (SSSR count). The van der Waals surface area contributed by atoms with E-state index in [0.29, 0.717) is 25.0 Å². The van der Waals surface area contributed by atoms with Crippen molar-refractivity contribution in [3.8, 4) is 5.75 Å². The number of benzene rings is 1. The summed E-state index contributed by atoms with van der Waals surface area (Å²) in [4.78, 5) is 14.9. The summed E-state index contributed by atoms with van der Waals surface area (Å²) in [5.41, 5.74) is -0.00199. The third kappa shape index (κ3) is 2.93. The highest BCUT2D eigenvalue weighted by molar-refractivity contribution is 5.80. The first-order chi connectivity index (χ1) is 12.1. The fraction of sp³-hybridized carbons (Fsp3) is 0.450. The average molecular weight is 341 g/mol. The minimum atomic E-state index is -0.956. The predicted octanol–water partition coefficient (Wildman–Crippen LogP) is 2.87. The van der Waals surface area contributed by atoms with E-state index >= 15 is 0 Å². The fourth-order valence-electron chi connectivity index (χ4n) is 4.42. The number of rotatable bonds is 4. The van der Waals surface area contributed by atoms with E-state index in [1.165, 1.54) is 0 Å². The molecule has 0 spiro atoms. The second-order valence-corrected chi connectivity index (χ2v) is 7.13. The highest BCUT2D eigenvalue weighted by atomic mass is 16.5. The van der Waals surface area contributed by atoms with Crippen molar-refractivity contribution in [3.05, 3.63) is 54.0 Å². The molecule has 1 amide bonds. The molecule has 0 saturated carbocycles. The Balaban J connectivity index is 1.50. The van der Waals surface area contributed by atoms with Crippen molar-refractivity contribution >= 4 is 5.91 Å². The standard InChI is InChI=1S/C20H23NO4/c1-24-17-5-2-4-14(10-17)11-19(22)21-15-7-8-16(21)13-20(23,12-15)18-6-3-9-25-18/h2-6,9-10,15-16,23H,7-8,11-13H2,1H3. The average Bonchev–Trinajstić information content (AvgIpc) is 3.23. The van der Waals surface area contributed by atoms with Crippen LogP contribution in [0.15, 0.2) is 47.1 Å². The number of nitrogens with zero attached hydrogens (tertiary/aromatic N) is 1. The molecule has 3 heterocycles. The van der Waals surface area contributed by atoms with E-state index in [1.54, 1.807) is 19.4 Å². The number of piperidine rings is 1. The van der Waals surface area contributed by atoms with Gasteiger partial charge in [-0.05, 0) is 42.7 Å². The van der Waals surface area contributed by atoms with Gasteiger partial charge in [-0.1, -0.05) is 12.1 Å². The normalized spacial score (nSPS) is 28.2. The number of ether oxygens (including phenoxy) is 1. The van der Waals surface area contributed by atoms with E-state index in [9.17, 15) is 9.90 Å². The SMILES string of the molecule is COc1cccc(CC(=O)N2C3CCC2CC(O)(c2ccco2)C3)c1. The summed E-state index contributed by atoms with van der Waals surface area (Å²) in [6.07, 6.45) is 4.93. The topological polar surface area (TPSA) is 62.9 Å². The van der Waals surface area contributed by atoms with Crippen LogP contribution in [0.3, 0.4) is 0 Å². The third-order valence-corrected chi connectivity index (χ3v) is 5.52. The van der Waals surface area contributed by atoms with E-state index in [0.717, 1.165) is 24.2 Å². The maximum Gasteiger partial charge on any atom is 0.227 e. The monoisotopic (exact) mass is 341 g/mol. The van der Waals surface area contributed by atoms with Crippen LogP contribution in [0.2, 0.25) is 0 Å². The zero-order valence-corrected chi connectivity index (χ0v) is 14.4. The second kappa shape index (κ2) is 6.23. The van der Waals surface area contributed by atoms with Gasteiger partial charge in [0.2, 0.25) is 5.91 Å². The molecule has 132 valence electrons. The van der Waals surface area contributed by atoms with E-state index in [1.807, 2.05) is 35.2 Å². The van der Waals surface area contributed by atoms with Gasteiger partial charge in [-0.2, -0.15) is 0 Å². The van der Waals surface area contributed by atoms with E-state index in [-0.39, 0.29) is 18.0 Å². The Morgan fingerprint density at radius 1 is 1.28 bits per heavy atom. The van der Waals surface area contributed by atoms with E-state index in [2.05, 4.69) is 0 Å². The molecular formula is C20H23NO4. The Kier molecular flexibility index (Phi) is 4.04. The highest BCUT2D eigenvalue weighted by Gasteiger charge is 2.51. The first-order valence-corrected chi connectivity index (χ1v) is 8.79. The lowest BCUT2D eigenvalue weighted by molar-refractivity contribution is -0.142. The Morgan fingerprint density at radius 2 is 2.04 bits per heavy atom. The Bertz CT molecular complexity index is 741. The molecule has 5 nitrogen and oxygen atoms in total. The van der Waals surface area contributed by atoms with Gasteiger partial charge in [0.25, 0.3) is 0 Å². The van der Waals surface area contributed by atoms with Crippen LogP contribution in [0.1, 0.15) is 37.0 Å². The molecule has 1 aromatic carbocycles.